The van der Waals surface area contributed by atoms with Crippen LogP contribution in [0.25, 0.3) is 5.69 Å². The molecule has 0 N–H and O–H groups in total. The molecule has 3 aromatic rings. The van der Waals surface area contributed by atoms with Gasteiger partial charge in [0.2, 0.25) is 0 Å². The summed E-state index contributed by atoms with van der Waals surface area (Å²) < 4.78 is 12.2. The molecule has 8 nitrogen and oxygen atoms in total. The Kier molecular flexibility index (Phi) is 6.84. The van der Waals surface area contributed by atoms with Crippen molar-refractivity contribution in [3.05, 3.63) is 76.2 Å². The van der Waals surface area contributed by atoms with Crippen molar-refractivity contribution in [3.8, 4) is 17.2 Å². The molecule has 1 aliphatic heterocycles. The molecule has 172 valence electrons. The first-order chi connectivity index (χ1) is 16.0. The summed E-state index contributed by atoms with van der Waals surface area (Å²) in [5.41, 5.74) is 0.848. The number of benzene rings is 2. The van der Waals surface area contributed by atoms with E-state index in [4.69, 9.17) is 21.1 Å². The van der Waals surface area contributed by atoms with Crippen LogP contribution < -0.4 is 19.9 Å². The SMILES string of the molecule is COc1ccc(OC(C)C(=O)N2CCN(c3cnn(-c4ccccc4)c(=O)c3Cl)CC2)cc1. The van der Waals surface area contributed by atoms with Crippen LogP contribution in [-0.4, -0.2) is 60.0 Å². The standard InChI is InChI=1S/C24H25ClN4O4/c1-17(33-20-10-8-19(32-2)9-11-20)23(30)28-14-12-27(13-15-28)21-16-26-29(24(31)22(21)25)18-6-4-3-5-7-18/h3-11,16-17H,12-15H2,1-2H3. The van der Waals surface area contributed by atoms with Crippen LogP contribution in [-0.2, 0) is 4.79 Å². The second-order valence-corrected chi connectivity index (χ2v) is 8.02. The van der Waals surface area contributed by atoms with Gasteiger partial charge in [-0.25, -0.2) is 0 Å². The predicted molar refractivity (Wildman–Crippen MR) is 127 cm³/mol. The molecule has 2 heterocycles. The smallest absolute Gasteiger partial charge is 0.292 e. The fourth-order valence-corrected chi connectivity index (χ4v) is 3.98. The molecule has 0 saturated carbocycles. The summed E-state index contributed by atoms with van der Waals surface area (Å²) in [5, 5.41) is 4.41. The van der Waals surface area contributed by atoms with E-state index in [9.17, 15) is 9.59 Å². The summed E-state index contributed by atoms with van der Waals surface area (Å²) in [4.78, 5) is 29.4. The van der Waals surface area contributed by atoms with E-state index in [1.165, 1.54) is 4.68 Å². The number of piperazine rings is 1. The summed E-state index contributed by atoms with van der Waals surface area (Å²) in [7, 11) is 1.60. The molecule has 1 unspecified atom stereocenters. The monoisotopic (exact) mass is 468 g/mol. The number of ether oxygens (including phenoxy) is 2. The van der Waals surface area contributed by atoms with Gasteiger partial charge in [0.25, 0.3) is 11.5 Å². The number of hydrogen-bond donors (Lipinski definition) is 0. The van der Waals surface area contributed by atoms with Crippen LogP contribution in [0, 0.1) is 0 Å². The van der Waals surface area contributed by atoms with Crippen molar-refractivity contribution in [2.75, 3.05) is 38.2 Å². The van der Waals surface area contributed by atoms with Gasteiger partial charge in [-0.2, -0.15) is 9.78 Å². The normalized spacial score (nSPS) is 14.6. The zero-order valence-corrected chi connectivity index (χ0v) is 19.2. The lowest BCUT2D eigenvalue weighted by Gasteiger charge is -2.37. The van der Waals surface area contributed by atoms with Gasteiger partial charge < -0.3 is 19.3 Å². The minimum Gasteiger partial charge on any atom is -0.497 e. The first kappa shape index (κ1) is 22.7. The number of carbonyl (C=O) groups excluding carboxylic acids is 1. The number of nitrogens with zero attached hydrogens (tertiary/aromatic N) is 4. The Balaban J connectivity index is 1.38. The minimum atomic E-state index is -0.620. The van der Waals surface area contributed by atoms with Crippen LogP contribution in [0.4, 0.5) is 5.69 Å². The number of amides is 1. The number of methoxy groups -OCH3 is 1. The molecule has 9 heteroatoms. The average Bonchev–Trinajstić information content (AvgIpc) is 2.86. The predicted octanol–water partition coefficient (Wildman–Crippen LogP) is 3.01. The highest BCUT2D eigenvalue weighted by Gasteiger charge is 2.27. The van der Waals surface area contributed by atoms with Gasteiger partial charge in [0, 0.05) is 26.2 Å². The number of hydrogen-bond acceptors (Lipinski definition) is 6. The molecule has 1 saturated heterocycles. The number of anilines is 1. The second kappa shape index (κ2) is 9.95. The topological polar surface area (TPSA) is 76.9 Å². The van der Waals surface area contributed by atoms with Crippen molar-refractivity contribution in [2.24, 2.45) is 0 Å². The second-order valence-electron chi connectivity index (χ2n) is 7.64. The van der Waals surface area contributed by atoms with Crippen molar-refractivity contribution in [1.29, 1.82) is 0 Å². The quantitative estimate of drug-likeness (QED) is 0.553. The van der Waals surface area contributed by atoms with Crippen molar-refractivity contribution in [3.63, 3.8) is 0 Å². The molecule has 0 radical (unpaired) electrons. The molecular formula is C24H25ClN4O4. The van der Waals surface area contributed by atoms with E-state index in [1.54, 1.807) is 61.5 Å². The Labute approximate surface area is 196 Å². The van der Waals surface area contributed by atoms with Crippen LogP contribution in [0.3, 0.4) is 0 Å². The Morgan fingerprint density at radius 2 is 1.64 bits per heavy atom. The maximum absolute atomic E-state index is 12.9. The van der Waals surface area contributed by atoms with Crippen molar-refractivity contribution in [2.45, 2.75) is 13.0 Å². The van der Waals surface area contributed by atoms with Crippen molar-refractivity contribution >= 4 is 23.2 Å². The van der Waals surface area contributed by atoms with Crippen LogP contribution in [0.1, 0.15) is 6.92 Å². The fraction of sp³-hybridized carbons (Fsp3) is 0.292. The maximum atomic E-state index is 12.9. The molecule has 0 spiro atoms. The van der Waals surface area contributed by atoms with Crippen LogP contribution in [0.15, 0.2) is 65.6 Å². The number of aromatic nitrogens is 2. The van der Waals surface area contributed by atoms with Crippen molar-refractivity contribution in [1.82, 2.24) is 14.7 Å². The van der Waals surface area contributed by atoms with E-state index in [2.05, 4.69) is 5.10 Å². The highest BCUT2D eigenvalue weighted by molar-refractivity contribution is 6.33. The zero-order valence-electron chi connectivity index (χ0n) is 18.5. The number of carbonyl (C=O) groups is 1. The molecule has 33 heavy (non-hydrogen) atoms. The molecule has 1 aliphatic rings. The number of halogens is 1. The Morgan fingerprint density at radius 1 is 1.00 bits per heavy atom. The van der Waals surface area contributed by atoms with Gasteiger partial charge >= 0.3 is 0 Å². The third-order valence-corrected chi connectivity index (χ3v) is 5.91. The Bertz CT molecular complexity index is 1160. The molecule has 2 aromatic carbocycles. The third kappa shape index (κ3) is 4.96. The number of para-hydroxylation sites is 1. The minimum absolute atomic E-state index is 0.0887. The van der Waals surface area contributed by atoms with Gasteiger partial charge in [0.15, 0.2) is 6.10 Å². The molecule has 1 atom stereocenters. The molecule has 1 fully saturated rings. The average molecular weight is 469 g/mol. The molecule has 0 aliphatic carbocycles. The number of rotatable bonds is 6. The van der Waals surface area contributed by atoms with Crippen molar-refractivity contribution < 1.29 is 14.3 Å². The third-order valence-electron chi connectivity index (χ3n) is 5.55. The summed E-state index contributed by atoms with van der Waals surface area (Å²) in [6.07, 6.45) is 0.980. The summed E-state index contributed by atoms with van der Waals surface area (Å²) in [6.45, 7) is 3.80. The highest BCUT2D eigenvalue weighted by atomic mass is 35.5. The van der Waals surface area contributed by atoms with Crippen LogP contribution in [0.5, 0.6) is 11.5 Å². The van der Waals surface area contributed by atoms with E-state index in [0.29, 0.717) is 43.3 Å². The summed E-state index contributed by atoms with van der Waals surface area (Å²) in [6, 6.07) is 16.2. The lowest BCUT2D eigenvalue weighted by Crippen LogP contribution is -2.52. The zero-order chi connectivity index (χ0) is 23.4. The molecular weight excluding hydrogens is 444 g/mol. The van der Waals surface area contributed by atoms with Gasteiger partial charge in [0.05, 0.1) is 24.7 Å². The first-order valence-electron chi connectivity index (χ1n) is 10.7. The highest BCUT2D eigenvalue weighted by Crippen LogP contribution is 2.24. The van der Waals surface area contributed by atoms with E-state index >= 15 is 0 Å². The molecule has 0 bridgehead atoms. The first-order valence-corrected chi connectivity index (χ1v) is 11.0. The van der Waals surface area contributed by atoms with E-state index in [-0.39, 0.29) is 16.5 Å². The summed E-state index contributed by atoms with van der Waals surface area (Å²) >= 11 is 6.42. The van der Waals surface area contributed by atoms with Gasteiger partial charge in [-0.05, 0) is 43.3 Å². The van der Waals surface area contributed by atoms with Gasteiger partial charge in [-0.1, -0.05) is 29.8 Å². The Hall–Kier alpha value is -3.52. The molecule has 1 aromatic heterocycles. The Morgan fingerprint density at radius 3 is 2.27 bits per heavy atom. The lowest BCUT2D eigenvalue weighted by atomic mass is 10.2. The molecule has 1 amide bonds. The van der Waals surface area contributed by atoms with E-state index in [0.717, 1.165) is 5.75 Å². The largest absolute Gasteiger partial charge is 0.497 e. The van der Waals surface area contributed by atoms with Crippen LogP contribution in [0.2, 0.25) is 5.02 Å². The molecule has 4 rings (SSSR count). The van der Waals surface area contributed by atoms with Crippen LogP contribution >= 0.6 is 11.6 Å². The van der Waals surface area contributed by atoms with Gasteiger partial charge in [-0.3, -0.25) is 9.59 Å². The maximum Gasteiger partial charge on any atom is 0.292 e. The van der Waals surface area contributed by atoms with E-state index in [1.807, 2.05) is 23.1 Å². The fourth-order valence-electron chi connectivity index (χ4n) is 3.73. The van der Waals surface area contributed by atoms with Gasteiger partial charge in [-0.15, -0.1) is 0 Å². The summed E-state index contributed by atoms with van der Waals surface area (Å²) in [5.74, 6) is 1.24. The van der Waals surface area contributed by atoms with E-state index < -0.39 is 6.10 Å². The lowest BCUT2D eigenvalue weighted by molar-refractivity contribution is -0.138. The van der Waals surface area contributed by atoms with Gasteiger partial charge in [0.1, 0.15) is 16.5 Å².